The van der Waals surface area contributed by atoms with Gasteiger partial charge in [-0.05, 0) is 19.3 Å². The van der Waals surface area contributed by atoms with E-state index in [1.165, 1.54) is 11.8 Å². The van der Waals surface area contributed by atoms with Crippen LogP contribution in [0.1, 0.15) is 39.0 Å². The summed E-state index contributed by atoms with van der Waals surface area (Å²) in [6, 6.07) is -2.34. The van der Waals surface area contributed by atoms with Crippen molar-refractivity contribution in [1.29, 1.82) is 0 Å². The number of hydrogen-bond acceptors (Lipinski definition) is 7. The quantitative estimate of drug-likeness (QED) is 0.558. The zero-order chi connectivity index (χ0) is 17.7. The smallest absolute Gasteiger partial charge is 0.258 e. The molecule has 2 aliphatic rings. The Labute approximate surface area is 145 Å². The van der Waals surface area contributed by atoms with Gasteiger partial charge < -0.3 is 11.1 Å². The van der Waals surface area contributed by atoms with Crippen LogP contribution >= 0.6 is 11.8 Å². The molecular weight excluding hydrogens is 332 g/mol. The van der Waals surface area contributed by atoms with E-state index in [9.17, 15) is 19.2 Å². The van der Waals surface area contributed by atoms with Crippen LogP contribution < -0.4 is 16.4 Å². The van der Waals surface area contributed by atoms with Crippen LogP contribution in [0.25, 0.3) is 0 Å². The first-order valence-electron chi connectivity index (χ1n) is 8.23. The normalized spacial score (nSPS) is 25.0. The van der Waals surface area contributed by atoms with Gasteiger partial charge in [0.25, 0.3) is 17.7 Å². The molecule has 0 aliphatic carbocycles. The monoisotopic (exact) mass is 356 g/mol. The molecule has 0 aromatic carbocycles. The van der Waals surface area contributed by atoms with Crippen molar-refractivity contribution in [1.82, 2.24) is 15.5 Å². The number of carbonyl (C=O) groups is 4. The summed E-state index contributed by atoms with van der Waals surface area (Å²) in [7, 11) is 0. The Morgan fingerprint density at radius 3 is 2.62 bits per heavy atom. The number of rotatable bonds is 5. The summed E-state index contributed by atoms with van der Waals surface area (Å²) in [5.74, 6) is -1.11. The van der Waals surface area contributed by atoms with Gasteiger partial charge in [0.05, 0.1) is 12.1 Å². The molecule has 2 unspecified atom stereocenters. The molecule has 4 amide bonds. The van der Waals surface area contributed by atoms with E-state index in [4.69, 9.17) is 5.73 Å². The number of amides is 4. The fraction of sp³-hybridized carbons (Fsp3) is 0.733. The first-order chi connectivity index (χ1) is 11.5. The van der Waals surface area contributed by atoms with Gasteiger partial charge in [-0.3, -0.25) is 24.5 Å². The van der Waals surface area contributed by atoms with Crippen molar-refractivity contribution in [3.8, 4) is 0 Å². The molecule has 24 heavy (non-hydrogen) atoms. The molecule has 0 radical (unpaired) electrons. The molecule has 0 saturated carbocycles. The average molecular weight is 356 g/mol. The third-order valence-electron chi connectivity index (χ3n) is 4.12. The highest BCUT2D eigenvalue weighted by atomic mass is 32.2. The van der Waals surface area contributed by atoms with Gasteiger partial charge >= 0.3 is 0 Å². The zero-order valence-corrected chi connectivity index (χ0v) is 14.6. The van der Waals surface area contributed by atoms with Gasteiger partial charge in [0.2, 0.25) is 5.91 Å². The molecule has 3 atom stereocenters. The number of carbonyl (C=O) groups excluding carboxylic acids is 4. The first kappa shape index (κ1) is 18.9. The lowest BCUT2D eigenvalue weighted by atomic mass is 10.0. The van der Waals surface area contributed by atoms with E-state index in [1.807, 2.05) is 6.92 Å². The van der Waals surface area contributed by atoms with Gasteiger partial charge in [-0.15, -0.1) is 11.8 Å². The zero-order valence-electron chi connectivity index (χ0n) is 13.7. The second kappa shape index (κ2) is 8.59. The van der Waals surface area contributed by atoms with E-state index in [0.717, 1.165) is 0 Å². The summed E-state index contributed by atoms with van der Waals surface area (Å²) < 4.78 is 0. The highest BCUT2D eigenvalue weighted by Crippen LogP contribution is 2.17. The molecule has 8 nitrogen and oxygen atoms in total. The summed E-state index contributed by atoms with van der Waals surface area (Å²) in [5.41, 5.74) is 5.85. The molecule has 2 saturated heterocycles. The molecule has 2 fully saturated rings. The molecule has 0 spiro atoms. The van der Waals surface area contributed by atoms with Crippen molar-refractivity contribution in [2.45, 2.75) is 57.2 Å². The number of thioether (sulfide) groups is 1. The Hall–Kier alpha value is -1.45. The maximum absolute atomic E-state index is 12.8. The molecule has 0 bridgehead atoms. The number of hydrogen-bond donors (Lipinski definition) is 3. The minimum Gasteiger partial charge on any atom is -0.344 e. The van der Waals surface area contributed by atoms with Crippen molar-refractivity contribution >= 4 is 35.4 Å². The minimum atomic E-state index is -0.906. The summed E-state index contributed by atoms with van der Waals surface area (Å²) in [4.78, 5) is 50.3. The number of imide groups is 3. The number of nitrogens with zero attached hydrogens (tertiary/aromatic N) is 1. The summed E-state index contributed by atoms with van der Waals surface area (Å²) in [6.07, 6.45) is 2.37. The van der Waals surface area contributed by atoms with Gasteiger partial charge in [0.1, 0.15) is 6.04 Å². The predicted molar refractivity (Wildman–Crippen MR) is 89.8 cm³/mol. The molecule has 0 aromatic heterocycles. The largest absolute Gasteiger partial charge is 0.344 e. The van der Waals surface area contributed by atoms with E-state index in [0.29, 0.717) is 48.6 Å². The van der Waals surface area contributed by atoms with Gasteiger partial charge in [-0.25, -0.2) is 4.90 Å². The number of nitrogens with one attached hydrogen (secondary N) is 2. The fourth-order valence-corrected chi connectivity index (χ4v) is 3.72. The van der Waals surface area contributed by atoms with E-state index >= 15 is 0 Å². The molecule has 9 heteroatoms. The lowest BCUT2D eigenvalue weighted by Crippen LogP contribution is -2.60. The van der Waals surface area contributed by atoms with Gasteiger partial charge in [0, 0.05) is 18.1 Å². The Balaban J connectivity index is 2.20. The van der Waals surface area contributed by atoms with E-state index in [-0.39, 0.29) is 5.91 Å². The highest BCUT2D eigenvalue weighted by Gasteiger charge is 2.41. The minimum absolute atomic E-state index is 0.244. The van der Waals surface area contributed by atoms with Crippen LogP contribution in [-0.4, -0.2) is 58.3 Å². The lowest BCUT2D eigenvalue weighted by molar-refractivity contribution is -0.157. The van der Waals surface area contributed by atoms with Crippen LogP contribution in [0.4, 0.5) is 0 Å². The Kier molecular flexibility index (Phi) is 6.76. The van der Waals surface area contributed by atoms with E-state index < -0.39 is 35.8 Å². The molecule has 2 rings (SSSR count). The standard InChI is InChI=1S/C15H24N4O4S/c1-2-4-9(16)13(21)19(15(23)11-7-24-8-17-11)14(22)10-5-3-6-12(20)18-10/h9-11,17H,2-8,16H2,1H3,(H,18,20)/t9-,10?,11?/m0/s1. The molecular formula is C15H24N4O4S. The Bertz CT molecular complexity index is 522. The maximum atomic E-state index is 12.8. The molecule has 2 aliphatic heterocycles. The van der Waals surface area contributed by atoms with E-state index in [2.05, 4.69) is 10.6 Å². The van der Waals surface area contributed by atoms with Crippen LogP contribution in [0.5, 0.6) is 0 Å². The lowest BCUT2D eigenvalue weighted by Gasteiger charge is -2.30. The van der Waals surface area contributed by atoms with E-state index in [1.54, 1.807) is 0 Å². The highest BCUT2D eigenvalue weighted by molar-refractivity contribution is 7.99. The predicted octanol–water partition coefficient (Wildman–Crippen LogP) is -0.673. The molecule has 134 valence electrons. The topological polar surface area (TPSA) is 122 Å². The fourth-order valence-electron chi connectivity index (χ4n) is 2.78. The molecule has 0 aromatic rings. The Morgan fingerprint density at radius 2 is 2.04 bits per heavy atom. The maximum Gasteiger partial charge on any atom is 0.258 e. The van der Waals surface area contributed by atoms with Crippen molar-refractivity contribution < 1.29 is 19.2 Å². The average Bonchev–Trinajstić information content (AvgIpc) is 3.09. The summed E-state index contributed by atoms with van der Waals surface area (Å²) in [5, 5.41) is 5.54. The number of nitrogens with two attached hydrogens (primary N) is 1. The molecule has 4 N–H and O–H groups in total. The van der Waals surface area contributed by atoms with Crippen LogP contribution in [0.3, 0.4) is 0 Å². The third-order valence-corrected chi connectivity index (χ3v) is 5.06. The van der Waals surface area contributed by atoms with Gasteiger partial charge in [0.15, 0.2) is 0 Å². The van der Waals surface area contributed by atoms with Crippen molar-refractivity contribution in [2.24, 2.45) is 5.73 Å². The summed E-state index contributed by atoms with van der Waals surface area (Å²) in [6.45, 7) is 1.87. The first-order valence-corrected chi connectivity index (χ1v) is 9.39. The summed E-state index contributed by atoms with van der Waals surface area (Å²) >= 11 is 1.52. The van der Waals surface area contributed by atoms with Crippen LogP contribution in [-0.2, 0) is 19.2 Å². The molecule has 2 heterocycles. The van der Waals surface area contributed by atoms with Gasteiger partial charge in [-0.2, -0.15) is 0 Å². The SMILES string of the molecule is CCC[C@H](N)C(=O)N(C(=O)C1CSCN1)C(=O)C1CCCC(=O)N1. The van der Waals surface area contributed by atoms with Gasteiger partial charge in [-0.1, -0.05) is 13.3 Å². The number of piperidine rings is 1. The van der Waals surface area contributed by atoms with Crippen LogP contribution in [0.2, 0.25) is 0 Å². The van der Waals surface area contributed by atoms with Crippen LogP contribution in [0.15, 0.2) is 0 Å². The van der Waals surface area contributed by atoms with Crippen molar-refractivity contribution in [3.05, 3.63) is 0 Å². The van der Waals surface area contributed by atoms with Crippen molar-refractivity contribution in [3.63, 3.8) is 0 Å². The second-order valence-electron chi connectivity index (χ2n) is 6.03. The Morgan fingerprint density at radius 1 is 1.33 bits per heavy atom. The van der Waals surface area contributed by atoms with Crippen molar-refractivity contribution in [2.75, 3.05) is 11.6 Å². The third kappa shape index (κ3) is 4.34. The van der Waals surface area contributed by atoms with Crippen LogP contribution in [0, 0.1) is 0 Å². The second-order valence-corrected chi connectivity index (χ2v) is 7.06.